The molecule has 0 aromatic rings. The molecule has 0 bridgehead atoms. The van der Waals surface area contributed by atoms with Crippen LogP contribution in [0.2, 0.25) is 0 Å². The van der Waals surface area contributed by atoms with Crippen molar-refractivity contribution in [2.45, 2.75) is 27.7 Å². The van der Waals surface area contributed by atoms with Gasteiger partial charge in [0.2, 0.25) is 0 Å². The minimum Gasteiger partial charge on any atom is -0.0985 e. The van der Waals surface area contributed by atoms with Gasteiger partial charge in [0, 0.05) is 0 Å². The van der Waals surface area contributed by atoms with Crippen LogP contribution in [0, 0.1) is 0 Å². The van der Waals surface area contributed by atoms with Crippen LogP contribution in [0.1, 0.15) is 27.7 Å². The SMILES string of the molecule is C=CC1=C(/C=C\C)BC(/C=C\C)=C(C)C(C=C)=C1/C=C\C. The second-order valence-electron chi connectivity index (χ2n) is 5.00. The predicted octanol–water partition coefficient (Wildman–Crippen LogP) is 5.36. The molecular weight excluding hydrogens is 251 g/mol. The van der Waals surface area contributed by atoms with E-state index in [1.807, 2.05) is 19.1 Å². The summed E-state index contributed by atoms with van der Waals surface area (Å²) in [6.45, 7) is 16.4. The van der Waals surface area contributed by atoms with Gasteiger partial charge in [0.05, 0.1) is 0 Å². The van der Waals surface area contributed by atoms with Gasteiger partial charge in [0.25, 0.3) is 0 Å². The maximum atomic E-state index is 4.03. The van der Waals surface area contributed by atoms with Crippen molar-refractivity contribution in [3.8, 4) is 0 Å². The summed E-state index contributed by atoms with van der Waals surface area (Å²) >= 11 is 0. The van der Waals surface area contributed by atoms with Crippen molar-refractivity contribution < 1.29 is 0 Å². The fourth-order valence-electron chi connectivity index (χ4n) is 2.71. The summed E-state index contributed by atoms with van der Waals surface area (Å²) in [7, 11) is 0.917. The number of hydrogen-bond donors (Lipinski definition) is 0. The third-order valence-corrected chi connectivity index (χ3v) is 3.67. The monoisotopic (exact) mass is 276 g/mol. The fourth-order valence-corrected chi connectivity index (χ4v) is 2.71. The van der Waals surface area contributed by atoms with Crippen LogP contribution >= 0.6 is 0 Å². The Hall–Kier alpha value is -2.02. The minimum absolute atomic E-state index is 0.917. The van der Waals surface area contributed by atoms with Crippen LogP contribution < -0.4 is 0 Å². The summed E-state index contributed by atoms with van der Waals surface area (Å²) in [6.07, 6.45) is 16.7. The van der Waals surface area contributed by atoms with Gasteiger partial charge < -0.3 is 0 Å². The van der Waals surface area contributed by atoms with Crippen molar-refractivity contribution in [3.05, 3.63) is 95.0 Å². The van der Waals surface area contributed by atoms with Gasteiger partial charge in [0.15, 0.2) is 7.28 Å². The standard InChI is InChI=1S/C20H25B/c1-7-12-18-16(10-4)15(6)19(13-8-2)21-20(14-9-3)17(18)11-5/h7-14,21H,4-5H2,1-3,6H3/b12-7-,13-8-,14-9-. The highest BCUT2D eigenvalue weighted by molar-refractivity contribution is 6.56. The van der Waals surface area contributed by atoms with Crippen molar-refractivity contribution in [1.29, 1.82) is 0 Å². The Labute approximate surface area is 130 Å². The molecule has 0 aliphatic carbocycles. The molecule has 0 aromatic heterocycles. The van der Waals surface area contributed by atoms with Gasteiger partial charge in [-0.25, -0.2) is 0 Å². The molecule has 0 saturated heterocycles. The molecule has 1 rings (SSSR count). The number of rotatable bonds is 5. The van der Waals surface area contributed by atoms with Gasteiger partial charge in [-0.05, 0) is 50.0 Å². The smallest absolute Gasteiger partial charge is 0.0985 e. The van der Waals surface area contributed by atoms with E-state index in [-0.39, 0.29) is 0 Å². The molecule has 0 radical (unpaired) electrons. The zero-order chi connectivity index (χ0) is 15.8. The summed E-state index contributed by atoms with van der Waals surface area (Å²) in [5.41, 5.74) is 7.50. The molecule has 0 unspecified atom stereocenters. The third-order valence-electron chi connectivity index (χ3n) is 3.67. The highest BCUT2D eigenvalue weighted by atomic mass is 14.2. The summed E-state index contributed by atoms with van der Waals surface area (Å²) in [4.78, 5) is 0. The Balaban J connectivity index is 3.80. The van der Waals surface area contributed by atoms with Crippen LogP contribution in [0.4, 0.5) is 0 Å². The van der Waals surface area contributed by atoms with Crippen molar-refractivity contribution in [2.75, 3.05) is 0 Å². The zero-order valence-electron chi connectivity index (χ0n) is 13.7. The van der Waals surface area contributed by atoms with E-state index in [1.54, 1.807) is 0 Å². The highest BCUT2D eigenvalue weighted by Gasteiger charge is 2.18. The van der Waals surface area contributed by atoms with Crippen LogP contribution in [0.15, 0.2) is 95.0 Å². The van der Waals surface area contributed by atoms with E-state index in [4.69, 9.17) is 0 Å². The van der Waals surface area contributed by atoms with Crippen molar-refractivity contribution in [2.24, 2.45) is 0 Å². The lowest BCUT2D eigenvalue weighted by Crippen LogP contribution is -2.01. The lowest BCUT2D eigenvalue weighted by molar-refractivity contribution is 1.36. The highest BCUT2D eigenvalue weighted by Crippen LogP contribution is 2.32. The average Bonchev–Trinajstić information content (AvgIpc) is 2.57. The molecule has 0 spiro atoms. The lowest BCUT2D eigenvalue weighted by Gasteiger charge is -2.11. The quantitative estimate of drug-likeness (QED) is 0.593. The Kier molecular flexibility index (Phi) is 6.74. The lowest BCUT2D eigenvalue weighted by atomic mass is 9.60. The molecule has 1 aliphatic heterocycles. The molecule has 0 fully saturated rings. The van der Waals surface area contributed by atoms with Crippen molar-refractivity contribution in [1.82, 2.24) is 0 Å². The summed E-state index contributed by atoms with van der Waals surface area (Å²) in [5.74, 6) is 0. The molecular formula is C20H25B. The number of allylic oxidation sites excluding steroid dienone is 14. The van der Waals surface area contributed by atoms with E-state index in [2.05, 4.69) is 70.4 Å². The molecule has 0 aromatic carbocycles. The van der Waals surface area contributed by atoms with Gasteiger partial charge in [0.1, 0.15) is 0 Å². The molecule has 108 valence electrons. The molecule has 0 nitrogen and oxygen atoms in total. The summed E-state index contributed by atoms with van der Waals surface area (Å²) in [5, 5.41) is 0. The summed E-state index contributed by atoms with van der Waals surface area (Å²) in [6, 6.07) is 0. The van der Waals surface area contributed by atoms with E-state index < -0.39 is 0 Å². The van der Waals surface area contributed by atoms with Gasteiger partial charge in [-0.1, -0.05) is 72.7 Å². The van der Waals surface area contributed by atoms with Gasteiger partial charge in [-0.2, -0.15) is 0 Å². The van der Waals surface area contributed by atoms with Crippen LogP contribution in [0.5, 0.6) is 0 Å². The topological polar surface area (TPSA) is 0 Å². The first-order chi connectivity index (χ1) is 10.1. The molecule has 0 amide bonds. The molecule has 0 saturated carbocycles. The molecule has 21 heavy (non-hydrogen) atoms. The maximum absolute atomic E-state index is 4.03. The third kappa shape index (κ3) is 3.75. The summed E-state index contributed by atoms with van der Waals surface area (Å²) < 4.78 is 0. The fraction of sp³-hybridized carbons (Fsp3) is 0.200. The molecule has 1 aliphatic rings. The number of hydrogen-bond acceptors (Lipinski definition) is 0. The second kappa shape index (κ2) is 8.31. The van der Waals surface area contributed by atoms with Crippen LogP contribution in [-0.4, -0.2) is 7.28 Å². The Morgan fingerprint density at radius 3 is 1.71 bits per heavy atom. The van der Waals surface area contributed by atoms with Crippen LogP contribution in [-0.2, 0) is 0 Å². The van der Waals surface area contributed by atoms with Crippen molar-refractivity contribution >= 4 is 7.28 Å². The van der Waals surface area contributed by atoms with E-state index in [9.17, 15) is 0 Å². The van der Waals surface area contributed by atoms with Crippen LogP contribution in [0.3, 0.4) is 0 Å². The van der Waals surface area contributed by atoms with Gasteiger partial charge >= 0.3 is 0 Å². The Morgan fingerprint density at radius 1 is 0.714 bits per heavy atom. The maximum Gasteiger partial charge on any atom is 0.193 e. The Bertz CT molecular complexity index is 602. The van der Waals surface area contributed by atoms with E-state index in [1.165, 1.54) is 33.2 Å². The zero-order valence-corrected chi connectivity index (χ0v) is 13.7. The first-order valence-corrected chi connectivity index (χ1v) is 7.45. The minimum atomic E-state index is 0.917. The molecule has 0 N–H and O–H groups in total. The Morgan fingerprint density at radius 2 is 1.24 bits per heavy atom. The normalized spacial score (nSPS) is 17.1. The molecule has 0 atom stereocenters. The van der Waals surface area contributed by atoms with Crippen LogP contribution in [0.25, 0.3) is 0 Å². The van der Waals surface area contributed by atoms with Crippen molar-refractivity contribution in [3.63, 3.8) is 0 Å². The van der Waals surface area contributed by atoms with E-state index >= 15 is 0 Å². The molecule has 1 heterocycles. The predicted molar refractivity (Wildman–Crippen MR) is 98.7 cm³/mol. The average molecular weight is 276 g/mol. The van der Waals surface area contributed by atoms with E-state index in [0.29, 0.717) is 0 Å². The van der Waals surface area contributed by atoms with Gasteiger partial charge in [-0.15, -0.1) is 0 Å². The largest absolute Gasteiger partial charge is 0.193 e. The van der Waals surface area contributed by atoms with Gasteiger partial charge in [-0.3, -0.25) is 0 Å². The first kappa shape index (κ1) is 17.0. The first-order valence-electron chi connectivity index (χ1n) is 7.45. The second-order valence-corrected chi connectivity index (χ2v) is 5.00. The van der Waals surface area contributed by atoms with E-state index in [0.717, 1.165) is 7.28 Å². The molecule has 1 heteroatoms.